The Morgan fingerprint density at radius 2 is 1.88 bits per heavy atom. The minimum absolute atomic E-state index is 0.164. The molecule has 1 amide bonds. The topological polar surface area (TPSA) is 46.3 Å². The van der Waals surface area contributed by atoms with E-state index in [1.54, 1.807) is 0 Å². The van der Waals surface area contributed by atoms with Crippen LogP contribution in [-0.2, 0) is 4.79 Å². The molecule has 0 aromatic heterocycles. The Morgan fingerprint density at radius 1 is 1.29 bits per heavy atom. The lowest BCUT2D eigenvalue weighted by Gasteiger charge is -2.37. The van der Waals surface area contributed by atoms with Gasteiger partial charge in [-0.15, -0.1) is 0 Å². The number of carbonyl (C=O) groups excluding carboxylic acids is 1. The van der Waals surface area contributed by atoms with E-state index in [9.17, 15) is 4.79 Å². The summed E-state index contributed by atoms with van der Waals surface area (Å²) < 4.78 is 0. The molecule has 1 saturated carbocycles. The number of hydrogen-bond acceptors (Lipinski definition) is 2. The maximum absolute atomic E-state index is 12.3. The predicted octanol–water partition coefficient (Wildman–Crippen LogP) is 2.54. The minimum Gasteiger partial charge on any atom is -0.339 e. The quantitative estimate of drug-likeness (QED) is 0.802. The van der Waals surface area contributed by atoms with Crippen molar-refractivity contribution in [3.63, 3.8) is 0 Å². The molecule has 1 aliphatic carbocycles. The number of nitrogens with zero attached hydrogens (tertiary/aromatic N) is 1. The first kappa shape index (κ1) is 14.5. The smallest absolute Gasteiger partial charge is 0.225 e. The lowest BCUT2D eigenvalue weighted by atomic mass is 9.90. The van der Waals surface area contributed by atoms with Crippen LogP contribution >= 0.6 is 0 Å². The first-order valence-corrected chi connectivity index (χ1v) is 7.16. The van der Waals surface area contributed by atoms with E-state index in [1.165, 1.54) is 0 Å². The fraction of sp³-hybridized carbons (Fsp3) is 0.929. The summed E-state index contributed by atoms with van der Waals surface area (Å²) in [6.45, 7) is 7.18. The van der Waals surface area contributed by atoms with Crippen molar-refractivity contribution in [3.05, 3.63) is 0 Å². The zero-order valence-electron chi connectivity index (χ0n) is 11.6. The SMILES string of the molecule is CCCN(C(=O)C(C)CC)C1CCC(N)CC1. The Hall–Kier alpha value is -0.570. The highest BCUT2D eigenvalue weighted by Gasteiger charge is 2.28. The molecule has 1 aliphatic rings. The summed E-state index contributed by atoms with van der Waals surface area (Å²) in [5.41, 5.74) is 5.93. The Bertz CT molecular complexity index is 234. The summed E-state index contributed by atoms with van der Waals surface area (Å²) >= 11 is 0. The van der Waals surface area contributed by atoms with E-state index in [0.29, 0.717) is 18.0 Å². The molecule has 0 saturated heterocycles. The van der Waals surface area contributed by atoms with Gasteiger partial charge >= 0.3 is 0 Å². The van der Waals surface area contributed by atoms with Gasteiger partial charge in [-0.05, 0) is 38.5 Å². The average molecular weight is 240 g/mol. The maximum atomic E-state index is 12.3. The van der Waals surface area contributed by atoms with E-state index in [-0.39, 0.29) is 5.92 Å². The zero-order chi connectivity index (χ0) is 12.8. The zero-order valence-corrected chi connectivity index (χ0v) is 11.6. The van der Waals surface area contributed by atoms with E-state index in [0.717, 1.165) is 45.1 Å². The second kappa shape index (κ2) is 7.00. The monoisotopic (exact) mass is 240 g/mol. The lowest BCUT2D eigenvalue weighted by Crippen LogP contribution is -2.46. The fourth-order valence-electron chi connectivity index (χ4n) is 2.58. The maximum Gasteiger partial charge on any atom is 0.225 e. The van der Waals surface area contributed by atoms with Crippen LogP contribution in [0.1, 0.15) is 59.3 Å². The summed E-state index contributed by atoms with van der Waals surface area (Å²) in [5, 5.41) is 0. The number of amides is 1. The van der Waals surface area contributed by atoms with Crippen molar-refractivity contribution in [3.8, 4) is 0 Å². The molecule has 1 atom stereocenters. The van der Waals surface area contributed by atoms with Gasteiger partial charge in [0.25, 0.3) is 0 Å². The van der Waals surface area contributed by atoms with Crippen LogP contribution in [0.4, 0.5) is 0 Å². The highest BCUT2D eigenvalue weighted by atomic mass is 16.2. The van der Waals surface area contributed by atoms with E-state index >= 15 is 0 Å². The first-order valence-electron chi connectivity index (χ1n) is 7.16. The van der Waals surface area contributed by atoms with Gasteiger partial charge < -0.3 is 10.6 Å². The summed E-state index contributed by atoms with van der Waals surface area (Å²) in [7, 11) is 0. The largest absolute Gasteiger partial charge is 0.339 e. The second-order valence-electron chi connectivity index (χ2n) is 5.41. The van der Waals surface area contributed by atoms with Crippen LogP contribution in [0.15, 0.2) is 0 Å². The molecule has 0 bridgehead atoms. The normalized spacial score (nSPS) is 26.6. The second-order valence-corrected chi connectivity index (χ2v) is 5.41. The van der Waals surface area contributed by atoms with Gasteiger partial charge in [0, 0.05) is 24.5 Å². The van der Waals surface area contributed by atoms with E-state index < -0.39 is 0 Å². The van der Waals surface area contributed by atoms with Crippen molar-refractivity contribution < 1.29 is 4.79 Å². The third-order valence-electron chi connectivity index (χ3n) is 3.96. The van der Waals surface area contributed by atoms with Gasteiger partial charge in [0.05, 0.1) is 0 Å². The number of rotatable bonds is 5. The summed E-state index contributed by atoms with van der Waals surface area (Å²) in [6.07, 6.45) is 6.29. The molecular weight excluding hydrogens is 212 g/mol. The van der Waals surface area contributed by atoms with Crippen LogP contribution in [-0.4, -0.2) is 29.4 Å². The van der Waals surface area contributed by atoms with Gasteiger partial charge in [0.15, 0.2) is 0 Å². The van der Waals surface area contributed by atoms with Gasteiger partial charge in [-0.2, -0.15) is 0 Å². The highest BCUT2D eigenvalue weighted by molar-refractivity contribution is 5.78. The Balaban J connectivity index is 2.61. The molecule has 17 heavy (non-hydrogen) atoms. The van der Waals surface area contributed by atoms with Crippen LogP contribution in [0, 0.1) is 5.92 Å². The van der Waals surface area contributed by atoms with Gasteiger partial charge in [0.1, 0.15) is 0 Å². The van der Waals surface area contributed by atoms with Gasteiger partial charge in [-0.3, -0.25) is 4.79 Å². The molecule has 3 nitrogen and oxygen atoms in total. The standard InChI is InChI=1S/C14H28N2O/c1-4-10-16(14(17)11(3)5-2)13-8-6-12(15)7-9-13/h11-13H,4-10,15H2,1-3H3. The predicted molar refractivity (Wildman–Crippen MR) is 71.7 cm³/mol. The molecule has 2 N–H and O–H groups in total. The lowest BCUT2D eigenvalue weighted by molar-refractivity contribution is -0.138. The van der Waals surface area contributed by atoms with Crippen molar-refractivity contribution in [2.75, 3.05) is 6.54 Å². The molecule has 0 aromatic carbocycles. The van der Waals surface area contributed by atoms with Crippen molar-refractivity contribution in [2.45, 2.75) is 71.4 Å². The molecule has 0 radical (unpaired) electrons. The Kier molecular flexibility index (Phi) is 5.96. The van der Waals surface area contributed by atoms with Gasteiger partial charge in [0.2, 0.25) is 5.91 Å². The van der Waals surface area contributed by atoms with Crippen LogP contribution in [0.5, 0.6) is 0 Å². The van der Waals surface area contributed by atoms with Gasteiger partial charge in [-0.1, -0.05) is 20.8 Å². The van der Waals surface area contributed by atoms with Crippen LogP contribution in [0.3, 0.4) is 0 Å². The van der Waals surface area contributed by atoms with E-state index in [2.05, 4.69) is 18.7 Å². The van der Waals surface area contributed by atoms with E-state index in [1.807, 2.05) is 6.92 Å². The number of carbonyl (C=O) groups is 1. The van der Waals surface area contributed by atoms with Crippen LogP contribution in [0.2, 0.25) is 0 Å². The third-order valence-corrected chi connectivity index (χ3v) is 3.96. The van der Waals surface area contributed by atoms with Crippen molar-refractivity contribution >= 4 is 5.91 Å². The van der Waals surface area contributed by atoms with Gasteiger partial charge in [-0.25, -0.2) is 0 Å². The molecule has 1 unspecified atom stereocenters. The molecule has 1 rings (SSSR count). The molecular formula is C14H28N2O. The molecule has 0 aliphatic heterocycles. The number of hydrogen-bond donors (Lipinski definition) is 1. The average Bonchev–Trinajstić information content (AvgIpc) is 2.35. The van der Waals surface area contributed by atoms with Crippen molar-refractivity contribution in [1.82, 2.24) is 4.90 Å². The third kappa shape index (κ3) is 3.98. The minimum atomic E-state index is 0.164. The van der Waals surface area contributed by atoms with Crippen molar-refractivity contribution in [1.29, 1.82) is 0 Å². The molecule has 100 valence electrons. The van der Waals surface area contributed by atoms with Crippen LogP contribution < -0.4 is 5.73 Å². The molecule has 0 aromatic rings. The summed E-state index contributed by atoms with van der Waals surface area (Å²) in [5.74, 6) is 0.506. The summed E-state index contributed by atoms with van der Waals surface area (Å²) in [4.78, 5) is 14.5. The van der Waals surface area contributed by atoms with Crippen LogP contribution in [0.25, 0.3) is 0 Å². The van der Waals surface area contributed by atoms with Crippen molar-refractivity contribution in [2.24, 2.45) is 11.7 Å². The highest BCUT2D eigenvalue weighted by Crippen LogP contribution is 2.24. The molecule has 0 spiro atoms. The molecule has 0 heterocycles. The first-order chi connectivity index (χ1) is 8.10. The summed E-state index contributed by atoms with van der Waals surface area (Å²) in [6, 6.07) is 0.796. The number of nitrogens with two attached hydrogens (primary N) is 1. The Morgan fingerprint density at radius 3 is 2.35 bits per heavy atom. The van der Waals surface area contributed by atoms with E-state index in [4.69, 9.17) is 5.73 Å². The Labute approximate surface area is 106 Å². The molecule has 1 fully saturated rings. The molecule has 3 heteroatoms. The fourth-order valence-corrected chi connectivity index (χ4v) is 2.58.